The summed E-state index contributed by atoms with van der Waals surface area (Å²) in [5, 5.41) is 3.35. The first-order valence-electron chi connectivity index (χ1n) is 15.3. The van der Waals surface area contributed by atoms with Gasteiger partial charge in [-0.15, -0.1) is 0 Å². The van der Waals surface area contributed by atoms with E-state index in [-0.39, 0.29) is 17.6 Å². The fourth-order valence-electron chi connectivity index (χ4n) is 6.31. The van der Waals surface area contributed by atoms with Crippen LogP contribution < -0.4 is 5.32 Å². The van der Waals surface area contributed by atoms with Gasteiger partial charge in [0, 0.05) is 31.5 Å². The molecule has 4 aliphatic rings. The summed E-state index contributed by atoms with van der Waals surface area (Å²) in [5.41, 5.74) is 3.69. The lowest BCUT2D eigenvalue weighted by molar-refractivity contribution is -0.137. The summed E-state index contributed by atoms with van der Waals surface area (Å²) in [6.45, 7) is 2.75. The van der Waals surface area contributed by atoms with Crippen molar-refractivity contribution in [2.45, 2.75) is 83.0 Å². The molecule has 0 amide bonds. The lowest BCUT2D eigenvalue weighted by Gasteiger charge is -2.22. The molecule has 5 nitrogen and oxygen atoms in total. The van der Waals surface area contributed by atoms with Crippen LogP contribution in [0.4, 0.5) is 22.0 Å². The topological polar surface area (TPSA) is 58.3 Å². The molecule has 1 aliphatic carbocycles. The number of guanidine groups is 1. The number of halogens is 5. The van der Waals surface area contributed by atoms with Crippen molar-refractivity contribution in [3.63, 3.8) is 0 Å². The Morgan fingerprint density at radius 1 is 1.04 bits per heavy atom. The van der Waals surface area contributed by atoms with Gasteiger partial charge in [-0.25, -0.2) is 18.8 Å². The summed E-state index contributed by atoms with van der Waals surface area (Å²) >= 11 is 0. The molecule has 0 radical (unpaired) electrons. The van der Waals surface area contributed by atoms with Gasteiger partial charge in [0.1, 0.15) is 5.71 Å². The van der Waals surface area contributed by atoms with Crippen LogP contribution >= 0.6 is 0 Å². The second-order valence-electron chi connectivity index (χ2n) is 12.1. The zero-order valence-electron chi connectivity index (χ0n) is 25.2. The first kappa shape index (κ1) is 30.9. The molecule has 2 unspecified atom stereocenters. The van der Waals surface area contributed by atoms with Crippen LogP contribution in [-0.2, 0) is 23.3 Å². The van der Waals surface area contributed by atoms with Crippen molar-refractivity contribution in [1.29, 1.82) is 0 Å². The number of nitrogens with one attached hydrogen (secondary N) is 1. The number of hydrogen-bond acceptors (Lipinski definition) is 3. The zero-order chi connectivity index (χ0) is 31.8. The van der Waals surface area contributed by atoms with E-state index in [0.29, 0.717) is 61.9 Å². The van der Waals surface area contributed by atoms with Crippen LogP contribution in [0.5, 0.6) is 0 Å². The number of rotatable bonds is 5. The molecule has 10 heteroatoms. The molecule has 2 aromatic rings. The number of ether oxygens (including phenoxy) is 1. The van der Waals surface area contributed by atoms with E-state index < -0.39 is 23.2 Å². The molecule has 3 aliphatic heterocycles. The first-order chi connectivity index (χ1) is 21.5. The Bertz CT molecular complexity index is 1660. The highest BCUT2D eigenvalue weighted by Gasteiger charge is 2.36. The number of aliphatic imine (C=N–C) groups is 3. The van der Waals surface area contributed by atoms with Gasteiger partial charge in [-0.2, -0.15) is 13.2 Å². The molecule has 6 rings (SSSR count). The molecule has 3 heterocycles. The molecule has 0 fully saturated rings. The zero-order valence-corrected chi connectivity index (χ0v) is 25.2. The minimum absolute atomic E-state index is 0.0551. The molecule has 2 atom stereocenters. The highest BCUT2D eigenvalue weighted by atomic mass is 19.4. The molecule has 0 saturated heterocycles. The van der Waals surface area contributed by atoms with E-state index in [0.717, 1.165) is 49.1 Å². The molecule has 0 aromatic heterocycles. The van der Waals surface area contributed by atoms with Gasteiger partial charge < -0.3 is 10.1 Å². The number of nitrogens with zero attached hydrogens (tertiary/aromatic N) is 3. The summed E-state index contributed by atoms with van der Waals surface area (Å²) in [5.74, 6) is -2.34. The molecule has 45 heavy (non-hydrogen) atoms. The number of hydrogen-bond donors (Lipinski definition) is 1. The van der Waals surface area contributed by atoms with E-state index in [4.69, 9.17) is 19.7 Å². The largest absolute Gasteiger partial charge is 0.498 e. The molecular formula is C35H35F5N4O. The maximum absolute atomic E-state index is 14.7. The van der Waals surface area contributed by atoms with Crippen LogP contribution in [0.1, 0.15) is 86.2 Å². The monoisotopic (exact) mass is 622 g/mol. The van der Waals surface area contributed by atoms with Gasteiger partial charge in [0.05, 0.1) is 35.7 Å². The van der Waals surface area contributed by atoms with Gasteiger partial charge in [0.2, 0.25) is 5.96 Å². The van der Waals surface area contributed by atoms with Crippen LogP contribution in [0.15, 0.2) is 86.6 Å². The Kier molecular flexibility index (Phi) is 8.50. The smallest absolute Gasteiger partial charge is 0.416 e. The van der Waals surface area contributed by atoms with Crippen LogP contribution in [0.25, 0.3) is 5.57 Å². The molecule has 0 bridgehead atoms. The molecule has 0 spiro atoms. The Morgan fingerprint density at radius 3 is 2.67 bits per heavy atom. The summed E-state index contributed by atoms with van der Waals surface area (Å²) in [7, 11) is 0. The number of aryl methyl sites for hydroxylation is 1. The second-order valence-corrected chi connectivity index (χ2v) is 12.1. The van der Waals surface area contributed by atoms with Gasteiger partial charge in [0.15, 0.2) is 0 Å². The van der Waals surface area contributed by atoms with E-state index in [1.54, 1.807) is 19.2 Å². The number of allylic oxidation sites excluding steroid dienone is 4. The number of alkyl halides is 5. The van der Waals surface area contributed by atoms with Gasteiger partial charge in [-0.1, -0.05) is 42.0 Å². The van der Waals surface area contributed by atoms with E-state index in [9.17, 15) is 22.0 Å². The SMILES string of the molecule is CC1=C(c2ccc(C(F)(F)F)cc2C(C)(F)F)C=C(CC2CCC=C3NC(=NC4CCCc5ccccc54)N=C3C=N2)OCC1. The van der Waals surface area contributed by atoms with Gasteiger partial charge in [-0.3, -0.25) is 4.99 Å². The fraction of sp³-hybridized carbons (Fsp3) is 0.400. The van der Waals surface area contributed by atoms with Crippen molar-refractivity contribution in [3.05, 3.63) is 99.5 Å². The maximum atomic E-state index is 14.7. The third-order valence-corrected chi connectivity index (χ3v) is 8.70. The molecule has 1 N–H and O–H groups in total. The normalized spacial score (nSPS) is 23.1. The van der Waals surface area contributed by atoms with Crippen molar-refractivity contribution in [2.24, 2.45) is 15.0 Å². The molecule has 0 saturated carbocycles. The lowest BCUT2D eigenvalue weighted by Crippen LogP contribution is -2.20. The third kappa shape index (κ3) is 6.94. The van der Waals surface area contributed by atoms with Crippen molar-refractivity contribution in [3.8, 4) is 0 Å². The standard InChI is InChI=1S/C35H35F5N4O/c1-21-15-16-45-25(19-28(21)27-14-13-23(35(38,39)40)17-29(27)34(2,36)37)18-24-9-6-12-31-32(20-41-24)44-33(43-31)42-30-11-5-8-22-7-3-4-10-26(22)30/h3-4,7,10,12-14,17,19-20,24,30H,5-6,8-9,11,15-16,18H2,1-2H3,(H,42,43). The Balaban J connectivity index is 1.23. The second kappa shape index (κ2) is 12.4. The number of benzene rings is 2. The predicted octanol–water partition coefficient (Wildman–Crippen LogP) is 8.88. The molecule has 236 valence electrons. The van der Waals surface area contributed by atoms with Crippen molar-refractivity contribution >= 4 is 23.5 Å². The van der Waals surface area contributed by atoms with Crippen LogP contribution in [0, 0.1) is 0 Å². The van der Waals surface area contributed by atoms with E-state index >= 15 is 0 Å². The van der Waals surface area contributed by atoms with Crippen molar-refractivity contribution in [1.82, 2.24) is 5.32 Å². The van der Waals surface area contributed by atoms with Gasteiger partial charge in [0.25, 0.3) is 5.92 Å². The highest BCUT2D eigenvalue weighted by molar-refractivity contribution is 6.42. The molecular weight excluding hydrogens is 587 g/mol. The summed E-state index contributed by atoms with van der Waals surface area (Å²) in [6, 6.07) is 10.8. The Labute approximate surface area is 259 Å². The van der Waals surface area contributed by atoms with E-state index in [2.05, 4.69) is 29.6 Å². The summed E-state index contributed by atoms with van der Waals surface area (Å²) in [6.07, 6.45) is 6.22. The first-order valence-corrected chi connectivity index (χ1v) is 15.3. The van der Waals surface area contributed by atoms with E-state index in [1.165, 1.54) is 11.1 Å². The van der Waals surface area contributed by atoms with Crippen molar-refractivity contribution < 1.29 is 26.7 Å². The van der Waals surface area contributed by atoms with Gasteiger partial charge in [-0.05, 0) is 79.5 Å². The average Bonchev–Trinajstić information content (AvgIpc) is 3.25. The van der Waals surface area contributed by atoms with Crippen LogP contribution in [0.2, 0.25) is 0 Å². The van der Waals surface area contributed by atoms with Crippen LogP contribution in [-0.4, -0.2) is 30.5 Å². The number of fused-ring (bicyclic) bond motifs is 2. The lowest BCUT2D eigenvalue weighted by atomic mass is 9.88. The fourth-order valence-corrected chi connectivity index (χ4v) is 6.31. The van der Waals surface area contributed by atoms with Crippen LogP contribution in [0.3, 0.4) is 0 Å². The van der Waals surface area contributed by atoms with E-state index in [1.807, 2.05) is 6.07 Å². The maximum Gasteiger partial charge on any atom is 0.416 e. The minimum Gasteiger partial charge on any atom is -0.498 e. The van der Waals surface area contributed by atoms with Gasteiger partial charge >= 0.3 is 6.18 Å². The molecule has 2 aromatic carbocycles. The summed E-state index contributed by atoms with van der Waals surface area (Å²) < 4.78 is 75.5. The minimum atomic E-state index is -4.73. The van der Waals surface area contributed by atoms with Crippen molar-refractivity contribution in [2.75, 3.05) is 6.61 Å². The quantitative estimate of drug-likeness (QED) is 0.339. The average molecular weight is 623 g/mol. The third-order valence-electron chi connectivity index (χ3n) is 8.70. The summed E-state index contributed by atoms with van der Waals surface area (Å²) in [4.78, 5) is 14.5. The highest BCUT2D eigenvalue weighted by Crippen LogP contribution is 2.41. The Hall–Kier alpha value is -4.08. The Morgan fingerprint density at radius 2 is 1.87 bits per heavy atom. The predicted molar refractivity (Wildman–Crippen MR) is 167 cm³/mol.